The maximum absolute atomic E-state index is 12.2. The molecule has 0 aliphatic heterocycles. The highest BCUT2D eigenvalue weighted by atomic mass is 16.5. The molecule has 1 aromatic rings. The fourth-order valence-corrected chi connectivity index (χ4v) is 2.91. The van der Waals surface area contributed by atoms with Gasteiger partial charge in [0.05, 0.1) is 18.4 Å². The van der Waals surface area contributed by atoms with Crippen LogP contribution in [0, 0.1) is 11.8 Å². The van der Waals surface area contributed by atoms with Gasteiger partial charge in [-0.25, -0.2) is 0 Å². The molecule has 5 heteroatoms. The number of carbonyl (C=O) groups excluding carboxylic acids is 1. The molecule has 1 aliphatic carbocycles. The van der Waals surface area contributed by atoms with Crippen LogP contribution in [0.15, 0.2) is 24.3 Å². The van der Waals surface area contributed by atoms with E-state index in [0.29, 0.717) is 26.0 Å². The number of hydrogen-bond acceptors (Lipinski definition) is 3. The average molecular weight is 291 g/mol. The Labute approximate surface area is 124 Å². The molecule has 2 atom stereocenters. The molecule has 2 unspecified atom stereocenters. The van der Waals surface area contributed by atoms with Crippen molar-refractivity contribution in [2.45, 2.75) is 32.4 Å². The first-order chi connectivity index (χ1) is 10.1. The quantitative estimate of drug-likeness (QED) is 0.840. The summed E-state index contributed by atoms with van der Waals surface area (Å²) in [5.41, 5.74) is 2.03. The Morgan fingerprint density at radius 2 is 1.90 bits per heavy atom. The van der Waals surface area contributed by atoms with E-state index >= 15 is 0 Å². The number of ether oxygens (including phenoxy) is 1. The average Bonchev–Trinajstić information content (AvgIpc) is 2.96. The lowest BCUT2D eigenvalue weighted by atomic mass is 9.95. The van der Waals surface area contributed by atoms with Crippen LogP contribution < -0.4 is 5.32 Å². The molecule has 1 saturated carbocycles. The van der Waals surface area contributed by atoms with Crippen molar-refractivity contribution in [2.75, 3.05) is 7.11 Å². The molecule has 1 aromatic carbocycles. The van der Waals surface area contributed by atoms with Gasteiger partial charge in [0.2, 0.25) is 5.91 Å². The molecule has 2 N–H and O–H groups in total. The first-order valence-corrected chi connectivity index (χ1v) is 7.19. The predicted molar refractivity (Wildman–Crippen MR) is 77.5 cm³/mol. The Hall–Kier alpha value is -1.88. The molecule has 0 radical (unpaired) electrons. The second kappa shape index (κ2) is 7.22. The number of aliphatic carboxylic acids is 1. The molecule has 2 rings (SSSR count). The standard InChI is InChI=1S/C16H21NO4/c1-21-10-12-6-3-2-5-11(12)9-17-15(18)13-7-4-8-14(13)16(19)20/h2-3,5-6,13-14H,4,7-10H2,1H3,(H,17,18)(H,19,20). The fourth-order valence-electron chi connectivity index (χ4n) is 2.91. The third-order valence-corrected chi connectivity index (χ3v) is 4.04. The van der Waals surface area contributed by atoms with Gasteiger partial charge in [-0.05, 0) is 24.0 Å². The molecule has 0 saturated heterocycles. The number of benzene rings is 1. The van der Waals surface area contributed by atoms with Gasteiger partial charge in [-0.1, -0.05) is 30.7 Å². The van der Waals surface area contributed by atoms with Crippen LogP contribution in [0.4, 0.5) is 0 Å². The third-order valence-electron chi connectivity index (χ3n) is 4.04. The first-order valence-electron chi connectivity index (χ1n) is 7.19. The van der Waals surface area contributed by atoms with Crippen molar-refractivity contribution in [1.82, 2.24) is 5.32 Å². The number of amides is 1. The van der Waals surface area contributed by atoms with E-state index in [1.807, 2.05) is 24.3 Å². The van der Waals surface area contributed by atoms with Gasteiger partial charge < -0.3 is 15.2 Å². The lowest BCUT2D eigenvalue weighted by Crippen LogP contribution is -2.35. The highest BCUT2D eigenvalue weighted by molar-refractivity contribution is 5.85. The number of nitrogens with one attached hydrogen (secondary N) is 1. The zero-order chi connectivity index (χ0) is 15.2. The van der Waals surface area contributed by atoms with E-state index in [2.05, 4.69) is 5.32 Å². The Balaban J connectivity index is 1.96. The molecule has 1 fully saturated rings. The minimum atomic E-state index is -0.868. The fraction of sp³-hybridized carbons (Fsp3) is 0.500. The van der Waals surface area contributed by atoms with Crippen LogP contribution in [-0.2, 0) is 27.5 Å². The third kappa shape index (κ3) is 3.82. The second-order valence-corrected chi connectivity index (χ2v) is 5.40. The summed E-state index contributed by atoms with van der Waals surface area (Å²) >= 11 is 0. The van der Waals surface area contributed by atoms with Gasteiger partial charge in [-0.3, -0.25) is 9.59 Å². The molecule has 0 spiro atoms. The first kappa shape index (κ1) is 15.5. The molecular formula is C16H21NO4. The smallest absolute Gasteiger partial charge is 0.307 e. The molecule has 1 amide bonds. The van der Waals surface area contributed by atoms with Crippen LogP contribution in [0.1, 0.15) is 30.4 Å². The summed E-state index contributed by atoms with van der Waals surface area (Å²) in [6.45, 7) is 0.897. The van der Waals surface area contributed by atoms with Gasteiger partial charge in [0.25, 0.3) is 0 Å². The molecule has 21 heavy (non-hydrogen) atoms. The molecular weight excluding hydrogens is 270 g/mol. The van der Waals surface area contributed by atoms with Crippen LogP contribution >= 0.6 is 0 Å². The summed E-state index contributed by atoms with van der Waals surface area (Å²) in [4.78, 5) is 23.3. The summed E-state index contributed by atoms with van der Waals surface area (Å²) in [5, 5.41) is 12.0. The van der Waals surface area contributed by atoms with Crippen LogP contribution in [-0.4, -0.2) is 24.1 Å². The van der Waals surface area contributed by atoms with Gasteiger partial charge in [-0.2, -0.15) is 0 Å². The Morgan fingerprint density at radius 3 is 2.57 bits per heavy atom. The van der Waals surface area contributed by atoms with Gasteiger partial charge >= 0.3 is 5.97 Å². The molecule has 0 bridgehead atoms. The maximum Gasteiger partial charge on any atom is 0.307 e. The number of carbonyl (C=O) groups is 2. The summed E-state index contributed by atoms with van der Waals surface area (Å²) in [7, 11) is 1.63. The van der Waals surface area contributed by atoms with E-state index in [-0.39, 0.29) is 5.91 Å². The Kier molecular flexibility index (Phi) is 5.33. The minimum absolute atomic E-state index is 0.160. The normalized spacial score (nSPS) is 21.2. The van der Waals surface area contributed by atoms with Gasteiger partial charge in [0.15, 0.2) is 0 Å². The van der Waals surface area contributed by atoms with E-state index in [1.54, 1.807) is 7.11 Å². The van der Waals surface area contributed by atoms with Crippen molar-refractivity contribution >= 4 is 11.9 Å². The number of carboxylic acids is 1. The minimum Gasteiger partial charge on any atom is -0.481 e. The van der Waals surface area contributed by atoms with Crippen molar-refractivity contribution < 1.29 is 19.4 Å². The zero-order valence-electron chi connectivity index (χ0n) is 12.2. The lowest BCUT2D eigenvalue weighted by molar-refractivity contribution is -0.146. The van der Waals surface area contributed by atoms with Gasteiger partial charge in [0, 0.05) is 13.7 Å². The highest BCUT2D eigenvalue weighted by Crippen LogP contribution is 2.32. The maximum atomic E-state index is 12.2. The van der Waals surface area contributed by atoms with Gasteiger partial charge in [-0.15, -0.1) is 0 Å². The number of rotatable bonds is 6. The summed E-state index contributed by atoms with van der Waals surface area (Å²) in [5.74, 6) is -1.98. The summed E-state index contributed by atoms with van der Waals surface area (Å²) in [6.07, 6.45) is 2.05. The largest absolute Gasteiger partial charge is 0.481 e. The molecule has 0 aromatic heterocycles. The van der Waals surface area contributed by atoms with Crippen LogP contribution in [0.3, 0.4) is 0 Å². The Morgan fingerprint density at radius 1 is 1.24 bits per heavy atom. The van der Waals surface area contributed by atoms with E-state index in [0.717, 1.165) is 17.5 Å². The predicted octanol–water partition coefficient (Wildman–Crippen LogP) is 1.95. The highest BCUT2D eigenvalue weighted by Gasteiger charge is 2.37. The van der Waals surface area contributed by atoms with Crippen LogP contribution in [0.25, 0.3) is 0 Å². The molecule has 0 heterocycles. The number of methoxy groups -OCH3 is 1. The van der Waals surface area contributed by atoms with E-state index in [9.17, 15) is 9.59 Å². The molecule has 114 valence electrons. The van der Waals surface area contributed by atoms with Crippen LogP contribution in [0.2, 0.25) is 0 Å². The lowest BCUT2D eigenvalue weighted by Gasteiger charge is -2.16. The second-order valence-electron chi connectivity index (χ2n) is 5.40. The van der Waals surface area contributed by atoms with Crippen molar-refractivity contribution in [2.24, 2.45) is 11.8 Å². The summed E-state index contributed by atoms with van der Waals surface area (Å²) in [6, 6.07) is 7.74. The molecule has 1 aliphatic rings. The van der Waals surface area contributed by atoms with Crippen molar-refractivity contribution in [3.05, 3.63) is 35.4 Å². The van der Waals surface area contributed by atoms with Crippen molar-refractivity contribution in [1.29, 1.82) is 0 Å². The zero-order valence-corrected chi connectivity index (χ0v) is 12.2. The van der Waals surface area contributed by atoms with Crippen molar-refractivity contribution in [3.8, 4) is 0 Å². The van der Waals surface area contributed by atoms with E-state index in [4.69, 9.17) is 9.84 Å². The van der Waals surface area contributed by atoms with E-state index in [1.165, 1.54) is 0 Å². The SMILES string of the molecule is COCc1ccccc1CNC(=O)C1CCCC1C(=O)O. The molecule has 5 nitrogen and oxygen atoms in total. The Bertz CT molecular complexity index is 515. The number of hydrogen-bond donors (Lipinski definition) is 2. The number of carboxylic acid groups (broad SMARTS) is 1. The summed E-state index contributed by atoms with van der Waals surface area (Å²) < 4.78 is 5.13. The van der Waals surface area contributed by atoms with Crippen molar-refractivity contribution in [3.63, 3.8) is 0 Å². The van der Waals surface area contributed by atoms with Gasteiger partial charge in [0.1, 0.15) is 0 Å². The van der Waals surface area contributed by atoms with E-state index < -0.39 is 17.8 Å². The topological polar surface area (TPSA) is 75.6 Å². The monoisotopic (exact) mass is 291 g/mol. The van der Waals surface area contributed by atoms with Crippen LogP contribution in [0.5, 0.6) is 0 Å².